The van der Waals surface area contributed by atoms with E-state index in [0.717, 1.165) is 10.0 Å². The zero-order valence-electron chi connectivity index (χ0n) is 18.3. The van der Waals surface area contributed by atoms with Crippen LogP contribution in [-0.2, 0) is 6.61 Å². The van der Waals surface area contributed by atoms with Crippen molar-refractivity contribution >= 4 is 44.6 Å². The molecule has 0 radical (unpaired) electrons. The van der Waals surface area contributed by atoms with Gasteiger partial charge in [-0.05, 0) is 55.3 Å². The lowest BCUT2D eigenvalue weighted by Gasteiger charge is -2.13. The molecule has 168 valence electrons. The largest absolute Gasteiger partial charge is 0.493 e. The first kappa shape index (κ1) is 23.0. The second-order valence-electron chi connectivity index (χ2n) is 7.49. The average molecular weight is 527 g/mol. The van der Waals surface area contributed by atoms with Gasteiger partial charge in [-0.15, -0.1) is 0 Å². The molecule has 4 rings (SSSR count). The third-order valence-electron chi connectivity index (χ3n) is 5.05. The van der Waals surface area contributed by atoms with Crippen molar-refractivity contribution in [3.8, 4) is 11.5 Å². The standard InChI is InChI=1S/C25H21BrClN3O3/c1-15-4-6-17(7-5-15)14-33-24-21(27)10-18(11-23(24)32-3)13-28-30-16(2)29-22-9-8-19(26)12-20(22)25(30)31/h4-13H,14H2,1-3H3. The molecule has 6 nitrogen and oxygen atoms in total. The number of benzene rings is 3. The van der Waals surface area contributed by atoms with Crippen LogP contribution >= 0.6 is 27.5 Å². The average Bonchev–Trinajstić information content (AvgIpc) is 2.79. The lowest BCUT2D eigenvalue weighted by atomic mass is 10.1. The summed E-state index contributed by atoms with van der Waals surface area (Å²) in [4.78, 5) is 17.4. The number of hydrogen-bond donors (Lipinski definition) is 0. The van der Waals surface area contributed by atoms with Crippen LogP contribution in [-0.4, -0.2) is 23.0 Å². The molecule has 0 saturated carbocycles. The Kier molecular flexibility index (Phi) is 6.81. The number of halogens is 2. The highest BCUT2D eigenvalue weighted by Crippen LogP contribution is 2.36. The van der Waals surface area contributed by atoms with Crippen molar-refractivity contribution in [3.63, 3.8) is 0 Å². The first-order valence-electron chi connectivity index (χ1n) is 10.1. The summed E-state index contributed by atoms with van der Waals surface area (Å²) in [6, 6.07) is 16.9. The number of fused-ring (bicyclic) bond motifs is 1. The van der Waals surface area contributed by atoms with Gasteiger partial charge in [-0.3, -0.25) is 4.79 Å². The smallest absolute Gasteiger partial charge is 0.282 e. The molecule has 0 aliphatic rings. The van der Waals surface area contributed by atoms with Gasteiger partial charge in [-0.2, -0.15) is 9.78 Å². The van der Waals surface area contributed by atoms with E-state index < -0.39 is 0 Å². The topological polar surface area (TPSA) is 65.7 Å². The van der Waals surface area contributed by atoms with Gasteiger partial charge in [0.15, 0.2) is 11.5 Å². The number of nitrogens with zero attached hydrogens (tertiary/aromatic N) is 3. The lowest BCUT2D eigenvalue weighted by Crippen LogP contribution is -2.20. The summed E-state index contributed by atoms with van der Waals surface area (Å²) in [6.45, 7) is 4.12. The van der Waals surface area contributed by atoms with E-state index in [-0.39, 0.29) is 5.56 Å². The third kappa shape index (κ3) is 5.10. The fraction of sp³-hybridized carbons (Fsp3) is 0.160. The highest BCUT2D eigenvalue weighted by Gasteiger charge is 2.13. The van der Waals surface area contributed by atoms with Crippen LogP contribution in [0.5, 0.6) is 11.5 Å². The van der Waals surface area contributed by atoms with Crippen LogP contribution in [0.2, 0.25) is 5.02 Å². The zero-order valence-corrected chi connectivity index (χ0v) is 20.6. The minimum Gasteiger partial charge on any atom is -0.493 e. The summed E-state index contributed by atoms with van der Waals surface area (Å²) >= 11 is 9.88. The van der Waals surface area contributed by atoms with Gasteiger partial charge >= 0.3 is 0 Å². The highest BCUT2D eigenvalue weighted by molar-refractivity contribution is 9.10. The number of aryl methyl sites for hydroxylation is 2. The molecule has 0 N–H and O–H groups in total. The first-order chi connectivity index (χ1) is 15.9. The predicted molar refractivity (Wildman–Crippen MR) is 135 cm³/mol. The Morgan fingerprint density at radius 1 is 1.12 bits per heavy atom. The van der Waals surface area contributed by atoms with E-state index in [4.69, 9.17) is 21.1 Å². The lowest BCUT2D eigenvalue weighted by molar-refractivity contribution is 0.284. The number of ether oxygens (including phenoxy) is 2. The monoisotopic (exact) mass is 525 g/mol. The van der Waals surface area contributed by atoms with E-state index in [1.807, 2.05) is 37.3 Å². The first-order valence-corrected chi connectivity index (χ1v) is 11.3. The maximum Gasteiger partial charge on any atom is 0.282 e. The van der Waals surface area contributed by atoms with E-state index in [1.165, 1.54) is 16.5 Å². The summed E-state index contributed by atoms with van der Waals surface area (Å²) in [5, 5.41) is 5.21. The van der Waals surface area contributed by atoms with Crippen LogP contribution in [0.1, 0.15) is 22.5 Å². The summed E-state index contributed by atoms with van der Waals surface area (Å²) in [6.07, 6.45) is 1.54. The van der Waals surface area contributed by atoms with Crippen molar-refractivity contribution in [1.29, 1.82) is 0 Å². The zero-order chi connectivity index (χ0) is 23.5. The predicted octanol–water partition coefficient (Wildman–Crippen LogP) is 5.90. The molecule has 3 aromatic carbocycles. The van der Waals surface area contributed by atoms with Gasteiger partial charge in [0.2, 0.25) is 0 Å². The van der Waals surface area contributed by atoms with Crippen LogP contribution in [0.3, 0.4) is 0 Å². The minimum absolute atomic E-state index is 0.258. The maximum atomic E-state index is 12.9. The normalized spacial score (nSPS) is 11.3. The van der Waals surface area contributed by atoms with E-state index >= 15 is 0 Å². The molecule has 0 unspecified atom stereocenters. The SMILES string of the molecule is COc1cc(C=Nn2c(C)nc3ccc(Br)cc3c2=O)cc(Cl)c1OCc1ccc(C)cc1. The fourth-order valence-corrected chi connectivity index (χ4v) is 3.95. The second kappa shape index (κ2) is 9.77. The third-order valence-corrected chi connectivity index (χ3v) is 5.82. The van der Waals surface area contributed by atoms with Crippen molar-refractivity contribution in [2.24, 2.45) is 5.10 Å². The molecule has 0 fully saturated rings. The van der Waals surface area contributed by atoms with Gasteiger partial charge in [0.25, 0.3) is 5.56 Å². The van der Waals surface area contributed by atoms with Crippen LogP contribution < -0.4 is 15.0 Å². The molecule has 0 atom stereocenters. The summed E-state index contributed by atoms with van der Waals surface area (Å²) < 4.78 is 13.5. The molecule has 1 aromatic heterocycles. The molecule has 0 saturated heterocycles. The van der Waals surface area contributed by atoms with Crippen molar-refractivity contribution in [3.05, 3.63) is 97.0 Å². The van der Waals surface area contributed by atoms with E-state index in [1.54, 1.807) is 38.3 Å². The van der Waals surface area contributed by atoms with Gasteiger partial charge in [0.1, 0.15) is 12.4 Å². The summed E-state index contributed by atoms with van der Waals surface area (Å²) in [5.41, 5.74) is 3.22. The molecular formula is C25H21BrClN3O3. The Labute approximate surface area is 204 Å². The van der Waals surface area contributed by atoms with E-state index in [9.17, 15) is 4.79 Å². The quantitative estimate of drug-likeness (QED) is 0.294. The summed E-state index contributed by atoms with van der Waals surface area (Å²) in [5.74, 6) is 1.39. The van der Waals surface area contributed by atoms with Gasteiger partial charge in [0, 0.05) is 4.47 Å². The molecule has 0 aliphatic heterocycles. The summed E-state index contributed by atoms with van der Waals surface area (Å²) in [7, 11) is 1.55. The Morgan fingerprint density at radius 2 is 1.88 bits per heavy atom. The Bertz CT molecular complexity index is 1420. The van der Waals surface area contributed by atoms with Crippen LogP contribution in [0.25, 0.3) is 10.9 Å². The molecule has 33 heavy (non-hydrogen) atoms. The van der Waals surface area contributed by atoms with Crippen LogP contribution in [0.4, 0.5) is 0 Å². The van der Waals surface area contributed by atoms with E-state index in [0.29, 0.717) is 45.4 Å². The van der Waals surface area contributed by atoms with Gasteiger partial charge in [-0.1, -0.05) is 57.4 Å². The number of methoxy groups -OCH3 is 1. The Balaban J connectivity index is 1.63. The van der Waals surface area contributed by atoms with Gasteiger partial charge in [0.05, 0.1) is 29.2 Å². The van der Waals surface area contributed by atoms with Crippen molar-refractivity contribution in [2.75, 3.05) is 7.11 Å². The maximum absolute atomic E-state index is 12.9. The molecule has 8 heteroatoms. The highest BCUT2D eigenvalue weighted by atomic mass is 79.9. The van der Waals surface area contributed by atoms with Crippen molar-refractivity contribution in [1.82, 2.24) is 9.66 Å². The Hall–Kier alpha value is -3.16. The number of hydrogen-bond acceptors (Lipinski definition) is 5. The number of rotatable bonds is 6. The molecule has 0 spiro atoms. The Morgan fingerprint density at radius 3 is 2.61 bits per heavy atom. The van der Waals surface area contributed by atoms with Crippen LogP contribution in [0, 0.1) is 13.8 Å². The van der Waals surface area contributed by atoms with Gasteiger partial charge in [-0.25, -0.2) is 4.98 Å². The number of aromatic nitrogens is 2. The fourth-order valence-electron chi connectivity index (χ4n) is 3.31. The second-order valence-corrected chi connectivity index (χ2v) is 8.81. The molecule has 0 bridgehead atoms. The van der Waals surface area contributed by atoms with Crippen molar-refractivity contribution < 1.29 is 9.47 Å². The van der Waals surface area contributed by atoms with Crippen LogP contribution in [0.15, 0.2) is 69.0 Å². The van der Waals surface area contributed by atoms with E-state index in [2.05, 4.69) is 26.0 Å². The molecular weight excluding hydrogens is 506 g/mol. The van der Waals surface area contributed by atoms with Crippen molar-refractivity contribution in [2.45, 2.75) is 20.5 Å². The minimum atomic E-state index is -0.258. The molecule has 1 heterocycles. The molecule has 4 aromatic rings. The molecule has 0 aliphatic carbocycles. The molecule has 0 amide bonds. The van der Waals surface area contributed by atoms with Gasteiger partial charge < -0.3 is 9.47 Å².